The Bertz CT molecular complexity index is 892. The Morgan fingerprint density at radius 2 is 1.88 bits per heavy atom. The highest BCUT2D eigenvalue weighted by Crippen LogP contribution is 2.25. The van der Waals surface area contributed by atoms with Crippen molar-refractivity contribution < 1.29 is 8.42 Å². The number of anilines is 1. The molecule has 3 aromatic heterocycles. The maximum atomic E-state index is 12.1. The molecule has 3 heterocycles. The predicted molar refractivity (Wildman–Crippen MR) is 97.1 cm³/mol. The highest BCUT2D eigenvalue weighted by atomic mass is 79.9. The molecular weight excluding hydrogens is 414 g/mol. The number of thiophene rings is 1. The first-order valence-electron chi connectivity index (χ1n) is 7.00. The summed E-state index contributed by atoms with van der Waals surface area (Å²) in [6.07, 6.45) is 3.77. The molecule has 2 N–H and O–H groups in total. The Hall–Kier alpha value is -1.75. The van der Waals surface area contributed by atoms with Crippen LogP contribution in [0.4, 0.5) is 5.82 Å². The highest BCUT2D eigenvalue weighted by molar-refractivity contribution is 9.11. The molecule has 0 aliphatic heterocycles. The van der Waals surface area contributed by atoms with E-state index < -0.39 is 10.0 Å². The van der Waals surface area contributed by atoms with Crippen LogP contribution in [0.15, 0.2) is 56.8 Å². The summed E-state index contributed by atoms with van der Waals surface area (Å²) < 4.78 is 29.6. The molecule has 3 aromatic rings. The number of rotatable bonds is 7. The van der Waals surface area contributed by atoms with Crippen molar-refractivity contribution in [3.8, 4) is 5.82 Å². The Labute approximate surface area is 151 Å². The number of hydrogen-bond donors (Lipinski definition) is 2. The van der Waals surface area contributed by atoms with Gasteiger partial charge < -0.3 is 9.88 Å². The maximum Gasteiger partial charge on any atom is 0.250 e. The van der Waals surface area contributed by atoms with Crippen molar-refractivity contribution in [1.29, 1.82) is 0 Å². The number of aromatic nitrogens is 3. The van der Waals surface area contributed by atoms with Crippen LogP contribution in [-0.2, 0) is 10.0 Å². The summed E-state index contributed by atoms with van der Waals surface area (Å²) in [6.45, 7) is 0.655. The van der Waals surface area contributed by atoms with Crippen LogP contribution < -0.4 is 10.0 Å². The maximum absolute atomic E-state index is 12.1. The summed E-state index contributed by atoms with van der Waals surface area (Å²) in [5, 5.41) is 11.2. The quantitative estimate of drug-likeness (QED) is 0.565. The molecule has 3 rings (SSSR count). The number of sulfonamides is 1. The summed E-state index contributed by atoms with van der Waals surface area (Å²) in [6, 6.07) is 10.7. The average molecular weight is 428 g/mol. The topological polar surface area (TPSA) is 88.9 Å². The smallest absolute Gasteiger partial charge is 0.250 e. The van der Waals surface area contributed by atoms with Gasteiger partial charge in [0.25, 0.3) is 0 Å². The fourth-order valence-corrected chi connectivity index (χ4v) is 5.02. The minimum absolute atomic E-state index is 0.249. The second-order valence-electron chi connectivity index (χ2n) is 4.75. The zero-order valence-corrected chi connectivity index (χ0v) is 15.6. The van der Waals surface area contributed by atoms with Gasteiger partial charge in [0.1, 0.15) is 10.0 Å². The molecule has 126 valence electrons. The Balaban J connectivity index is 1.50. The van der Waals surface area contributed by atoms with Gasteiger partial charge in [-0.3, -0.25) is 0 Å². The minimum Gasteiger partial charge on any atom is -0.367 e. The van der Waals surface area contributed by atoms with E-state index in [1.807, 2.05) is 35.2 Å². The Kier molecular flexibility index (Phi) is 5.29. The van der Waals surface area contributed by atoms with Crippen LogP contribution in [0.1, 0.15) is 0 Å². The summed E-state index contributed by atoms with van der Waals surface area (Å²) >= 11 is 4.42. The summed E-state index contributed by atoms with van der Waals surface area (Å²) in [5.74, 6) is 1.30. The van der Waals surface area contributed by atoms with Gasteiger partial charge in [-0.1, -0.05) is 0 Å². The van der Waals surface area contributed by atoms with Gasteiger partial charge in [-0.05, 0) is 52.3 Å². The molecule has 0 spiro atoms. The van der Waals surface area contributed by atoms with Crippen molar-refractivity contribution in [1.82, 2.24) is 19.5 Å². The number of nitrogens with zero attached hydrogens (tertiary/aromatic N) is 3. The standard InChI is InChI=1S/C14H14BrN5O2S2/c15-11-3-6-14(23-11)24(21,22)17-8-7-16-12-4-5-13(19-18-12)20-9-1-2-10-20/h1-6,9-10,17H,7-8H2,(H,16,18). The van der Waals surface area contributed by atoms with Gasteiger partial charge in [0, 0.05) is 25.5 Å². The Morgan fingerprint density at radius 3 is 2.50 bits per heavy atom. The normalized spacial score (nSPS) is 11.5. The molecule has 0 saturated carbocycles. The molecule has 0 aromatic carbocycles. The molecule has 0 fully saturated rings. The predicted octanol–water partition coefficient (Wildman–Crippen LogP) is 2.48. The van der Waals surface area contributed by atoms with Crippen LogP contribution in [0.5, 0.6) is 0 Å². The van der Waals surface area contributed by atoms with E-state index >= 15 is 0 Å². The lowest BCUT2D eigenvalue weighted by Gasteiger charge is -2.07. The van der Waals surface area contributed by atoms with Crippen molar-refractivity contribution in [2.75, 3.05) is 18.4 Å². The lowest BCUT2D eigenvalue weighted by molar-refractivity contribution is 0.585. The molecule has 0 amide bonds. The number of nitrogens with one attached hydrogen (secondary N) is 2. The second kappa shape index (κ2) is 7.43. The first-order chi connectivity index (χ1) is 11.5. The van der Waals surface area contributed by atoms with Gasteiger partial charge in [0.15, 0.2) is 5.82 Å². The van der Waals surface area contributed by atoms with Crippen LogP contribution >= 0.6 is 27.3 Å². The third-order valence-corrected chi connectivity index (χ3v) is 6.63. The molecule has 7 nitrogen and oxygen atoms in total. The lowest BCUT2D eigenvalue weighted by atomic mass is 10.5. The van der Waals surface area contributed by atoms with Crippen molar-refractivity contribution in [2.45, 2.75) is 4.21 Å². The van der Waals surface area contributed by atoms with Crippen molar-refractivity contribution in [3.63, 3.8) is 0 Å². The zero-order chi connectivity index (χ0) is 17.0. The highest BCUT2D eigenvalue weighted by Gasteiger charge is 2.15. The third kappa shape index (κ3) is 4.20. The Morgan fingerprint density at radius 1 is 1.08 bits per heavy atom. The summed E-state index contributed by atoms with van der Waals surface area (Å²) in [7, 11) is -3.47. The van der Waals surface area contributed by atoms with Crippen molar-refractivity contribution in [3.05, 3.63) is 52.6 Å². The van der Waals surface area contributed by atoms with E-state index in [1.165, 1.54) is 11.3 Å². The summed E-state index contributed by atoms with van der Waals surface area (Å²) in [4.78, 5) is 0. The molecule has 0 atom stereocenters. The molecule has 0 saturated heterocycles. The van der Waals surface area contributed by atoms with Crippen LogP contribution in [0, 0.1) is 0 Å². The lowest BCUT2D eigenvalue weighted by Crippen LogP contribution is -2.28. The van der Waals surface area contributed by atoms with E-state index in [0.717, 1.165) is 9.60 Å². The van der Waals surface area contributed by atoms with Gasteiger partial charge in [-0.15, -0.1) is 21.5 Å². The molecule has 0 aliphatic carbocycles. The molecule has 0 bridgehead atoms. The fourth-order valence-electron chi connectivity index (χ4n) is 1.93. The monoisotopic (exact) mass is 427 g/mol. The molecule has 24 heavy (non-hydrogen) atoms. The minimum atomic E-state index is -3.47. The summed E-state index contributed by atoms with van der Waals surface area (Å²) in [5.41, 5.74) is 0. The van der Waals surface area contributed by atoms with Gasteiger partial charge in [0.05, 0.1) is 3.79 Å². The first kappa shape index (κ1) is 17.1. The van der Waals surface area contributed by atoms with Crippen molar-refractivity contribution >= 4 is 43.1 Å². The van der Waals surface area contributed by atoms with E-state index in [0.29, 0.717) is 12.4 Å². The molecule has 0 radical (unpaired) electrons. The molecule has 0 unspecified atom stereocenters. The van der Waals surface area contributed by atoms with Crippen LogP contribution in [-0.4, -0.2) is 36.3 Å². The van der Waals surface area contributed by atoms with Crippen molar-refractivity contribution in [2.24, 2.45) is 0 Å². The first-order valence-corrected chi connectivity index (χ1v) is 10.1. The van der Waals surface area contributed by atoms with Crippen LogP contribution in [0.3, 0.4) is 0 Å². The molecular formula is C14H14BrN5O2S2. The van der Waals surface area contributed by atoms with E-state index in [1.54, 1.807) is 18.2 Å². The van der Waals surface area contributed by atoms with E-state index in [4.69, 9.17) is 0 Å². The van der Waals surface area contributed by atoms with Gasteiger partial charge in [0.2, 0.25) is 10.0 Å². The number of halogens is 1. The average Bonchev–Trinajstić information content (AvgIpc) is 3.24. The van der Waals surface area contributed by atoms with Crippen LogP contribution in [0.25, 0.3) is 5.82 Å². The molecule has 0 aliphatic rings. The largest absolute Gasteiger partial charge is 0.367 e. The SMILES string of the molecule is O=S(=O)(NCCNc1ccc(-n2cccc2)nn1)c1ccc(Br)s1. The van der Waals surface area contributed by atoms with E-state index in [-0.39, 0.29) is 10.8 Å². The second-order valence-corrected chi connectivity index (χ2v) is 9.21. The van der Waals surface area contributed by atoms with Crippen LogP contribution in [0.2, 0.25) is 0 Å². The number of hydrogen-bond acceptors (Lipinski definition) is 6. The van der Waals surface area contributed by atoms with Gasteiger partial charge in [-0.25, -0.2) is 13.1 Å². The molecule has 10 heteroatoms. The fraction of sp³-hybridized carbons (Fsp3) is 0.143. The zero-order valence-electron chi connectivity index (χ0n) is 12.4. The van der Waals surface area contributed by atoms with Gasteiger partial charge in [-0.2, -0.15) is 0 Å². The van der Waals surface area contributed by atoms with E-state index in [2.05, 4.69) is 36.2 Å². The van der Waals surface area contributed by atoms with E-state index in [9.17, 15) is 8.42 Å². The third-order valence-electron chi connectivity index (χ3n) is 3.06. The van der Waals surface area contributed by atoms with Gasteiger partial charge >= 0.3 is 0 Å².